The number of carbonyl (C=O) groups excluding carboxylic acids is 1. The molecule has 0 aromatic heterocycles. The molecule has 176 valence electrons. The molecule has 31 heavy (non-hydrogen) atoms. The lowest BCUT2D eigenvalue weighted by atomic mass is 9.42. The SMILES string of the molecule is CC(C)CC=CC(C)C1CCC2C3CC(O)C4(O)CC(O)CC(=O)C4(C)C3CCC12C. The second-order valence-electron chi connectivity index (χ2n) is 12.4. The second-order valence-corrected chi connectivity index (χ2v) is 12.4. The summed E-state index contributed by atoms with van der Waals surface area (Å²) >= 11 is 0. The Balaban J connectivity index is 1.60. The van der Waals surface area contributed by atoms with Crippen molar-refractivity contribution in [3.63, 3.8) is 0 Å². The van der Waals surface area contributed by atoms with Crippen LogP contribution in [0.15, 0.2) is 12.2 Å². The smallest absolute Gasteiger partial charge is 0.144 e. The van der Waals surface area contributed by atoms with E-state index in [0.717, 1.165) is 25.7 Å². The molecule has 0 aromatic rings. The number of hydrogen-bond acceptors (Lipinski definition) is 4. The van der Waals surface area contributed by atoms with Crippen LogP contribution in [0.25, 0.3) is 0 Å². The molecule has 10 unspecified atom stereocenters. The number of carbonyl (C=O) groups is 1. The number of rotatable bonds is 4. The zero-order valence-electron chi connectivity index (χ0n) is 20.2. The quantitative estimate of drug-likeness (QED) is 0.571. The number of Topliss-reactive ketones (excluding diaryl/α,β-unsaturated/α-hetero) is 1. The highest BCUT2D eigenvalue weighted by Gasteiger charge is 2.70. The summed E-state index contributed by atoms with van der Waals surface area (Å²) in [5.41, 5.74) is -2.22. The highest BCUT2D eigenvalue weighted by molar-refractivity contribution is 5.88. The summed E-state index contributed by atoms with van der Waals surface area (Å²) in [6.07, 6.45) is 9.28. The van der Waals surface area contributed by atoms with Gasteiger partial charge in [0.1, 0.15) is 11.4 Å². The van der Waals surface area contributed by atoms with Gasteiger partial charge in [0.15, 0.2) is 0 Å². The van der Waals surface area contributed by atoms with Gasteiger partial charge in [-0.2, -0.15) is 0 Å². The first kappa shape index (κ1) is 23.4. The Morgan fingerprint density at radius 1 is 1.10 bits per heavy atom. The molecule has 3 N–H and O–H groups in total. The summed E-state index contributed by atoms with van der Waals surface area (Å²) in [7, 11) is 0. The average molecular weight is 433 g/mol. The minimum absolute atomic E-state index is 0.0503. The molecule has 0 heterocycles. The maximum atomic E-state index is 13.2. The van der Waals surface area contributed by atoms with E-state index in [0.29, 0.717) is 30.1 Å². The van der Waals surface area contributed by atoms with E-state index in [1.165, 1.54) is 6.42 Å². The summed E-state index contributed by atoms with van der Waals surface area (Å²) < 4.78 is 0. The van der Waals surface area contributed by atoms with Crippen LogP contribution < -0.4 is 0 Å². The molecule has 4 nitrogen and oxygen atoms in total. The molecule has 4 saturated carbocycles. The summed E-state index contributed by atoms with van der Waals surface area (Å²) in [5.74, 6) is 2.67. The molecule has 10 atom stereocenters. The molecule has 0 radical (unpaired) electrons. The Hall–Kier alpha value is -0.710. The van der Waals surface area contributed by atoms with Crippen molar-refractivity contribution in [3.05, 3.63) is 12.2 Å². The van der Waals surface area contributed by atoms with Crippen molar-refractivity contribution < 1.29 is 20.1 Å². The fourth-order valence-electron chi connectivity index (χ4n) is 8.71. The standard InChI is InChI=1S/C27H44O4/c1-16(2)7-6-8-17(3)20-9-10-21-19-14-24(30)27(31)15-18(28)13-23(29)26(27,5)22(19)11-12-25(20,21)4/h6,8,16-22,24,28,30-31H,7,9-15H2,1-5H3. The third kappa shape index (κ3) is 3.38. The van der Waals surface area contributed by atoms with E-state index in [-0.39, 0.29) is 35.9 Å². The molecule has 0 bridgehead atoms. The first-order chi connectivity index (χ1) is 14.4. The Morgan fingerprint density at radius 2 is 1.81 bits per heavy atom. The van der Waals surface area contributed by atoms with Crippen LogP contribution in [-0.2, 0) is 4.79 Å². The molecule has 4 heteroatoms. The summed E-state index contributed by atoms with van der Waals surface area (Å²) in [6, 6.07) is 0. The Kier molecular flexibility index (Phi) is 6.02. The normalized spacial score (nSPS) is 50.9. The zero-order valence-corrected chi connectivity index (χ0v) is 20.2. The molecular formula is C27H44O4. The number of ketones is 1. The summed E-state index contributed by atoms with van der Waals surface area (Å²) in [4.78, 5) is 13.2. The molecular weight excluding hydrogens is 388 g/mol. The van der Waals surface area contributed by atoms with E-state index in [2.05, 4.69) is 39.8 Å². The van der Waals surface area contributed by atoms with Gasteiger partial charge in [-0.05, 0) is 86.4 Å². The number of aliphatic hydroxyl groups excluding tert-OH is 2. The molecule has 0 aliphatic heterocycles. The van der Waals surface area contributed by atoms with Crippen LogP contribution in [0.1, 0.15) is 86.0 Å². The molecule has 4 aliphatic carbocycles. The highest BCUT2D eigenvalue weighted by atomic mass is 16.3. The average Bonchev–Trinajstić information content (AvgIpc) is 3.02. The van der Waals surface area contributed by atoms with Crippen LogP contribution in [-0.4, -0.2) is 38.9 Å². The van der Waals surface area contributed by atoms with Gasteiger partial charge in [-0.25, -0.2) is 0 Å². The van der Waals surface area contributed by atoms with E-state index in [1.54, 1.807) is 0 Å². The van der Waals surface area contributed by atoms with Gasteiger partial charge < -0.3 is 15.3 Å². The fourth-order valence-corrected chi connectivity index (χ4v) is 8.71. The molecule has 4 aliphatic rings. The van der Waals surface area contributed by atoms with Crippen molar-refractivity contribution >= 4 is 5.78 Å². The first-order valence-corrected chi connectivity index (χ1v) is 12.7. The van der Waals surface area contributed by atoms with E-state index < -0.39 is 23.2 Å². The largest absolute Gasteiger partial charge is 0.393 e. The Labute approximate surface area is 188 Å². The predicted molar refractivity (Wildman–Crippen MR) is 122 cm³/mol. The fraction of sp³-hybridized carbons (Fsp3) is 0.889. The van der Waals surface area contributed by atoms with Crippen LogP contribution in [0.2, 0.25) is 0 Å². The number of hydrogen-bond donors (Lipinski definition) is 3. The van der Waals surface area contributed by atoms with Crippen molar-refractivity contribution in [2.24, 2.45) is 46.3 Å². The lowest BCUT2D eigenvalue weighted by Gasteiger charge is -2.64. The van der Waals surface area contributed by atoms with Crippen molar-refractivity contribution in [1.82, 2.24) is 0 Å². The predicted octanol–water partition coefficient (Wildman–Crippen LogP) is 4.51. The van der Waals surface area contributed by atoms with Crippen LogP contribution in [0.3, 0.4) is 0 Å². The summed E-state index contributed by atoms with van der Waals surface area (Å²) in [5, 5.41) is 32.9. The number of allylic oxidation sites excluding steroid dienone is 2. The second kappa shape index (κ2) is 7.95. The number of fused-ring (bicyclic) bond motifs is 5. The van der Waals surface area contributed by atoms with Crippen LogP contribution in [0, 0.1) is 46.3 Å². The van der Waals surface area contributed by atoms with Crippen molar-refractivity contribution in [2.75, 3.05) is 0 Å². The maximum Gasteiger partial charge on any atom is 0.144 e. The van der Waals surface area contributed by atoms with Gasteiger partial charge in [0.25, 0.3) is 0 Å². The molecule has 4 rings (SSSR count). The van der Waals surface area contributed by atoms with E-state index in [1.807, 2.05) is 6.92 Å². The van der Waals surface area contributed by atoms with Gasteiger partial charge in [-0.1, -0.05) is 39.8 Å². The van der Waals surface area contributed by atoms with Gasteiger partial charge in [0.05, 0.1) is 17.6 Å². The van der Waals surface area contributed by atoms with Crippen molar-refractivity contribution in [1.29, 1.82) is 0 Å². The molecule has 4 fully saturated rings. The lowest BCUT2D eigenvalue weighted by molar-refractivity contribution is -0.251. The minimum Gasteiger partial charge on any atom is -0.393 e. The zero-order chi connectivity index (χ0) is 22.8. The third-order valence-corrected chi connectivity index (χ3v) is 10.4. The van der Waals surface area contributed by atoms with Crippen LogP contribution >= 0.6 is 0 Å². The maximum absolute atomic E-state index is 13.2. The van der Waals surface area contributed by atoms with Gasteiger partial charge >= 0.3 is 0 Å². The summed E-state index contributed by atoms with van der Waals surface area (Å²) in [6.45, 7) is 11.2. The molecule has 0 aromatic carbocycles. The molecule has 0 spiro atoms. The van der Waals surface area contributed by atoms with Crippen LogP contribution in [0.4, 0.5) is 0 Å². The monoisotopic (exact) mass is 432 g/mol. The highest BCUT2D eigenvalue weighted by Crippen LogP contribution is 2.68. The van der Waals surface area contributed by atoms with Gasteiger partial charge in [-0.3, -0.25) is 4.79 Å². The first-order valence-electron chi connectivity index (χ1n) is 12.7. The van der Waals surface area contributed by atoms with Crippen LogP contribution in [0.5, 0.6) is 0 Å². The van der Waals surface area contributed by atoms with E-state index in [4.69, 9.17) is 0 Å². The Bertz CT molecular complexity index is 731. The van der Waals surface area contributed by atoms with E-state index >= 15 is 0 Å². The van der Waals surface area contributed by atoms with Crippen molar-refractivity contribution in [2.45, 2.75) is 104 Å². The lowest BCUT2D eigenvalue weighted by Crippen LogP contribution is -2.71. The topological polar surface area (TPSA) is 77.8 Å². The minimum atomic E-state index is -1.50. The molecule has 0 amide bonds. The molecule has 0 saturated heterocycles. The number of aliphatic hydroxyl groups is 3. The Morgan fingerprint density at radius 3 is 2.48 bits per heavy atom. The third-order valence-electron chi connectivity index (χ3n) is 10.4. The van der Waals surface area contributed by atoms with Gasteiger partial charge in [0, 0.05) is 12.8 Å². The van der Waals surface area contributed by atoms with E-state index in [9.17, 15) is 20.1 Å². The van der Waals surface area contributed by atoms with Crippen molar-refractivity contribution in [3.8, 4) is 0 Å². The van der Waals surface area contributed by atoms with Gasteiger partial charge in [-0.15, -0.1) is 0 Å². The van der Waals surface area contributed by atoms with Gasteiger partial charge in [0.2, 0.25) is 0 Å².